The number of carbonyl (C=O) groups is 2. The third kappa shape index (κ3) is 3.48. The largest absolute Gasteiger partial charge is 0.342 e. The van der Waals surface area contributed by atoms with Crippen LogP contribution in [0.15, 0.2) is 60.7 Å². The molecule has 2 aliphatic rings. The van der Waals surface area contributed by atoms with E-state index in [-0.39, 0.29) is 23.1 Å². The van der Waals surface area contributed by atoms with Crippen LogP contribution in [0.3, 0.4) is 0 Å². The molecule has 27 heavy (non-hydrogen) atoms. The summed E-state index contributed by atoms with van der Waals surface area (Å²) in [6.45, 7) is 1.33. The van der Waals surface area contributed by atoms with E-state index in [1.54, 1.807) is 0 Å². The van der Waals surface area contributed by atoms with Crippen LogP contribution in [0.5, 0.6) is 0 Å². The first-order chi connectivity index (χ1) is 13.2. The summed E-state index contributed by atoms with van der Waals surface area (Å²) in [5, 5.41) is 2.99. The van der Waals surface area contributed by atoms with Crippen molar-refractivity contribution in [2.24, 2.45) is 5.92 Å². The molecule has 0 aromatic heterocycles. The Morgan fingerprint density at radius 1 is 0.889 bits per heavy atom. The number of hydrogen-bond donors (Lipinski definition) is 1. The Hall–Kier alpha value is -2.62. The van der Waals surface area contributed by atoms with Gasteiger partial charge in [-0.1, -0.05) is 55.0 Å². The zero-order chi connectivity index (χ0) is 18.7. The van der Waals surface area contributed by atoms with Crippen LogP contribution >= 0.6 is 0 Å². The average Bonchev–Trinajstić information content (AvgIpc) is 2.69. The number of anilines is 1. The molecule has 1 aliphatic heterocycles. The second-order valence-electron chi connectivity index (χ2n) is 7.72. The van der Waals surface area contributed by atoms with Crippen LogP contribution in [-0.2, 0) is 15.0 Å². The van der Waals surface area contributed by atoms with Gasteiger partial charge in [-0.05, 0) is 43.4 Å². The van der Waals surface area contributed by atoms with Gasteiger partial charge in [-0.2, -0.15) is 0 Å². The van der Waals surface area contributed by atoms with Gasteiger partial charge in [0.05, 0.1) is 5.41 Å². The smallest absolute Gasteiger partial charge is 0.233 e. The molecule has 0 unspecified atom stereocenters. The maximum absolute atomic E-state index is 13.3. The summed E-state index contributed by atoms with van der Waals surface area (Å²) in [5.41, 5.74) is 1.64. The van der Waals surface area contributed by atoms with Crippen LogP contribution in [-0.4, -0.2) is 29.8 Å². The van der Waals surface area contributed by atoms with E-state index < -0.39 is 0 Å². The summed E-state index contributed by atoms with van der Waals surface area (Å²) in [7, 11) is 0. The minimum Gasteiger partial charge on any atom is -0.342 e. The van der Waals surface area contributed by atoms with E-state index in [2.05, 4.69) is 17.4 Å². The van der Waals surface area contributed by atoms with Crippen molar-refractivity contribution in [3.8, 4) is 0 Å². The van der Waals surface area contributed by atoms with Gasteiger partial charge in [0.2, 0.25) is 11.8 Å². The highest BCUT2D eigenvalue weighted by Crippen LogP contribution is 2.45. The highest BCUT2D eigenvalue weighted by atomic mass is 16.2. The molecule has 4 nitrogen and oxygen atoms in total. The second-order valence-corrected chi connectivity index (χ2v) is 7.72. The standard InChI is InChI=1S/C23H26N2O2/c26-21(24-20-10-5-2-6-11-20)18-12-16-25(17-13-18)22(27)23(14-7-15-23)19-8-3-1-4-9-19/h1-6,8-11,18H,7,12-17H2,(H,24,26). The van der Waals surface area contributed by atoms with E-state index in [9.17, 15) is 9.59 Å². The first kappa shape index (κ1) is 17.8. The van der Waals surface area contributed by atoms with E-state index in [0.717, 1.165) is 43.4 Å². The molecule has 0 atom stereocenters. The lowest BCUT2D eigenvalue weighted by Crippen LogP contribution is -2.53. The molecule has 2 aromatic rings. The van der Waals surface area contributed by atoms with Gasteiger partial charge in [-0.25, -0.2) is 0 Å². The molecule has 0 spiro atoms. The summed E-state index contributed by atoms with van der Waals surface area (Å²) in [5.74, 6) is 0.292. The number of piperidine rings is 1. The van der Waals surface area contributed by atoms with E-state index in [0.29, 0.717) is 13.1 Å². The summed E-state index contributed by atoms with van der Waals surface area (Å²) in [6, 6.07) is 19.8. The molecule has 2 aromatic carbocycles. The molecule has 2 fully saturated rings. The number of amides is 2. The molecule has 4 heteroatoms. The summed E-state index contributed by atoms with van der Waals surface area (Å²) in [4.78, 5) is 27.8. The summed E-state index contributed by atoms with van der Waals surface area (Å²) < 4.78 is 0. The van der Waals surface area contributed by atoms with Gasteiger partial charge in [0.25, 0.3) is 0 Å². The molecule has 1 saturated carbocycles. The lowest BCUT2D eigenvalue weighted by Gasteiger charge is -2.45. The lowest BCUT2D eigenvalue weighted by molar-refractivity contribution is -0.143. The van der Waals surface area contributed by atoms with Crippen molar-refractivity contribution in [3.05, 3.63) is 66.2 Å². The van der Waals surface area contributed by atoms with Crippen LogP contribution in [0, 0.1) is 5.92 Å². The normalized spacial score (nSPS) is 19.2. The Kier molecular flexibility index (Phi) is 4.97. The topological polar surface area (TPSA) is 49.4 Å². The molecular formula is C23H26N2O2. The average molecular weight is 362 g/mol. The van der Waals surface area contributed by atoms with Gasteiger partial charge >= 0.3 is 0 Å². The molecule has 1 saturated heterocycles. The highest BCUT2D eigenvalue weighted by molar-refractivity contribution is 5.93. The molecule has 140 valence electrons. The van der Waals surface area contributed by atoms with Crippen LogP contribution in [0.25, 0.3) is 0 Å². The number of para-hydroxylation sites is 1. The van der Waals surface area contributed by atoms with Crippen molar-refractivity contribution in [3.63, 3.8) is 0 Å². The molecule has 1 aliphatic carbocycles. The Morgan fingerprint density at radius 2 is 1.48 bits per heavy atom. The number of hydrogen-bond acceptors (Lipinski definition) is 2. The van der Waals surface area contributed by atoms with Crippen molar-refractivity contribution in [1.29, 1.82) is 0 Å². The van der Waals surface area contributed by atoms with Gasteiger partial charge in [0.1, 0.15) is 0 Å². The first-order valence-electron chi connectivity index (χ1n) is 9.90. The van der Waals surface area contributed by atoms with Crippen molar-refractivity contribution < 1.29 is 9.59 Å². The SMILES string of the molecule is O=C(Nc1ccccc1)C1CCN(C(=O)C2(c3ccccc3)CCC2)CC1. The van der Waals surface area contributed by atoms with Gasteiger partial charge in [0.15, 0.2) is 0 Å². The van der Waals surface area contributed by atoms with Gasteiger partial charge in [0, 0.05) is 24.7 Å². The Labute approximate surface area is 160 Å². The minimum absolute atomic E-state index is 0.0247. The fourth-order valence-corrected chi connectivity index (χ4v) is 4.33. The molecule has 2 amide bonds. The van der Waals surface area contributed by atoms with Crippen LogP contribution in [0.4, 0.5) is 5.69 Å². The molecule has 0 bridgehead atoms. The number of rotatable bonds is 4. The van der Waals surface area contributed by atoms with Crippen molar-refractivity contribution >= 4 is 17.5 Å². The zero-order valence-electron chi connectivity index (χ0n) is 15.6. The maximum atomic E-state index is 13.3. The number of carbonyl (C=O) groups excluding carboxylic acids is 2. The van der Waals surface area contributed by atoms with Crippen LogP contribution < -0.4 is 5.32 Å². The Balaban J connectivity index is 1.37. The minimum atomic E-state index is -0.333. The van der Waals surface area contributed by atoms with Crippen molar-refractivity contribution in [2.45, 2.75) is 37.5 Å². The Bertz CT molecular complexity index is 792. The fraction of sp³-hybridized carbons (Fsp3) is 0.391. The number of likely N-dealkylation sites (tertiary alicyclic amines) is 1. The third-order valence-electron chi connectivity index (χ3n) is 6.14. The molecule has 1 N–H and O–H groups in total. The van der Waals surface area contributed by atoms with Gasteiger partial charge in [-0.15, -0.1) is 0 Å². The summed E-state index contributed by atoms with van der Waals surface area (Å²) >= 11 is 0. The summed E-state index contributed by atoms with van der Waals surface area (Å²) in [6.07, 6.45) is 4.44. The predicted octanol–water partition coefficient (Wildman–Crippen LogP) is 3.99. The quantitative estimate of drug-likeness (QED) is 0.894. The number of nitrogens with one attached hydrogen (secondary N) is 1. The van der Waals surface area contributed by atoms with Crippen LogP contribution in [0.1, 0.15) is 37.7 Å². The van der Waals surface area contributed by atoms with E-state index in [1.165, 1.54) is 0 Å². The van der Waals surface area contributed by atoms with Crippen LogP contribution in [0.2, 0.25) is 0 Å². The Morgan fingerprint density at radius 3 is 2.04 bits per heavy atom. The molecule has 4 rings (SSSR count). The van der Waals surface area contributed by atoms with Crippen molar-refractivity contribution in [1.82, 2.24) is 4.90 Å². The second kappa shape index (κ2) is 7.55. The van der Waals surface area contributed by atoms with E-state index in [1.807, 2.05) is 53.4 Å². The highest BCUT2D eigenvalue weighted by Gasteiger charge is 2.48. The zero-order valence-corrected chi connectivity index (χ0v) is 15.6. The third-order valence-corrected chi connectivity index (χ3v) is 6.14. The number of nitrogens with zero attached hydrogens (tertiary/aromatic N) is 1. The van der Waals surface area contributed by atoms with Gasteiger partial charge < -0.3 is 10.2 Å². The maximum Gasteiger partial charge on any atom is 0.233 e. The first-order valence-corrected chi connectivity index (χ1v) is 9.90. The monoisotopic (exact) mass is 362 g/mol. The van der Waals surface area contributed by atoms with Crippen molar-refractivity contribution in [2.75, 3.05) is 18.4 Å². The lowest BCUT2D eigenvalue weighted by atomic mass is 9.63. The van der Waals surface area contributed by atoms with Gasteiger partial charge in [-0.3, -0.25) is 9.59 Å². The predicted molar refractivity (Wildman–Crippen MR) is 106 cm³/mol. The molecular weight excluding hydrogens is 336 g/mol. The molecule has 1 heterocycles. The van der Waals surface area contributed by atoms with E-state index in [4.69, 9.17) is 0 Å². The number of benzene rings is 2. The molecule has 0 radical (unpaired) electrons. The fourth-order valence-electron chi connectivity index (χ4n) is 4.33. The van der Waals surface area contributed by atoms with E-state index >= 15 is 0 Å².